The first kappa shape index (κ1) is 20.8. The van der Waals surface area contributed by atoms with Crippen molar-refractivity contribution in [2.45, 2.75) is 51.2 Å². The maximum Gasteiger partial charge on any atom is 0.252 e. The number of hydrogen-bond donors (Lipinski definition) is 0. The molecular formula is C25H30N2O2. The zero-order chi connectivity index (χ0) is 20.9. The Hall–Kier alpha value is -2.88. The molecule has 1 aliphatic rings. The summed E-state index contributed by atoms with van der Waals surface area (Å²) in [6, 6.07) is 19.8. The third kappa shape index (κ3) is 4.26. The van der Waals surface area contributed by atoms with E-state index in [-0.39, 0.29) is 18.0 Å². The molecule has 0 spiro atoms. The predicted octanol–water partition coefficient (Wildman–Crippen LogP) is 4.97. The second kappa shape index (κ2) is 9.08. The molecule has 3 rings (SSSR count). The molecule has 4 heteroatoms. The van der Waals surface area contributed by atoms with Gasteiger partial charge in [-0.2, -0.15) is 0 Å². The lowest BCUT2D eigenvalue weighted by Crippen LogP contribution is -2.59. The second-order valence-electron chi connectivity index (χ2n) is 7.54. The molecule has 0 unspecified atom stereocenters. The molecule has 2 aromatic rings. The Balaban J connectivity index is 2.08. The van der Waals surface area contributed by atoms with Crippen LogP contribution in [0.4, 0.5) is 0 Å². The molecule has 1 aliphatic heterocycles. The zero-order valence-corrected chi connectivity index (χ0v) is 17.5. The summed E-state index contributed by atoms with van der Waals surface area (Å²) in [5, 5.41) is 0. The Bertz CT molecular complexity index is 863. The van der Waals surface area contributed by atoms with Crippen molar-refractivity contribution in [3.05, 3.63) is 84.4 Å². The van der Waals surface area contributed by atoms with E-state index in [0.717, 1.165) is 11.1 Å². The van der Waals surface area contributed by atoms with Gasteiger partial charge >= 0.3 is 0 Å². The van der Waals surface area contributed by atoms with Crippen LogP contribution in [0.1, 0.15) is 44.4 Å². The highest BCUT2D eigenvalue weighted by molar-refractivity contribution is 5.98. The maximum absolute atomic E-state index is 13.9. The minimum atomic E-state index is -0.941. The summed E-state index contributed by atoms with van der Waals surface area (Å²) in [5.41, 5.74) is 1.23. The van der Waals surface area contributed by atoms with Crippen molar-refractivity contribution in [1.82, 2.24) is 4.90 Å². The largest absolute Gasteiger partial charge is 0.480 e. The number of carbonyl (C=O) groups excluding carboxylic acids is 1. The molecule has 3 atom stereocenters. The van der Waals surface area contributed by atoms with Gasteiger partial charge in [0.05, 0.1) is 12.6 Å². The number of carbonyl (C=O) groups is 1. The first-order valence-electron chi connectivity index (χ1n) is 10.3. The molecule has 0 saturated heterocycles. The van der Waals surface area contributed by atoms with Crippen LogP contribution in [-0.4, -0.2) is 34.9 Å². The number of ether oxygens (including phenoxy) is 1. The molecule has 0 aliphatic carbocycles. The van der Waals surface area contributed by atoms with Crippen molar-refractivity contribution in [3.8, 4) is 0 Å². The Morgan fingerprint density at radius 1 is 1.17 bits per heavy atom. The van der Waals surface area contributed by atoms with Gasteiger partial charge in [-0.05, 0) is 38.3 Å². The lowest BCUT2D eigenvalue weighted by atomic mass is 9.83. The highest BCUT2D eigenvalue weighted by Crippen LogP contribution is 2.36. The number of benzene rings is 2. The van der Waals surface area contributed by atoms with E-state index in [1.165, 1.54) is 0 Å². The SMILES string of the molecule is C=CC[C@]1(Cc2ccccc2)N=C(OCC)[C@@H](C)N([C@@H](C)c2ccccc2)C1=O. The van der Waals surface area contributed by atoms with Crippen LogP contribution in [-0.2, 0) is 16.0 Å². The van der Waals surface area contributed by atoms with E-state index in [1.807, 2.05) is 67.3 Å². The van der Waals surface area contributed by atoms with Crippen LogP contribution in [0.15, 0.2) is 78.3 Å². The van der Waals surface area contributed by atoms with Crippen LogP contribution in [0.2, 0.25) is 0 Å². The highest BCUT2D eigenvalue weighted by atomic mass is 16.5. The molecule has 0 N–H and O–H groups in total. The number of hydrogen-bond acceptors (Lipinski definition) is 3. The number of aliphatic imine (C=N–C) groups is 1. The third-order valence-electron chi connectivity index (χ3n) is 5.54. The minimum absolute atomic E-state index is 0.0218. The first-order valence-corrected chi connectivity index (χ1v) is 10.3. The standard InChI is InChI=1S/C25H30N2O2/c1-5-17-25(18-21-13-9-7-10-14-21)24(28)27(20(4)23(26-25)29-6-2)19(3)22-15-11-8-12-16-22/h5,7-16,19-20H,1,6,17-18H2,2-4H3/t19-,20+,25+/m0/s1. The van der Waals surface area contributed by atoms with Crippen molar-refractivity contribution in [2.75, 3.05) is 6.61 Å². The van der Waals surface area contributed by atoms with Crippen LogP contribution in [0.25, 0.3) is 0 Å². The molecular weight excluding hydrogens is 360 g/mol. The molecule has 29 heavy (non-hydrogen) atoms. The van der Waals surface area contributed by atoms with E-state index in [0.29, 0.717) is 25.3 Å². The number of nitrogens with zero attached hydrogens (tertiary/aromatic N) is 2. The van der Waals surface area contributed by atoms with E-state index in [9.17, 15) is 4.79 Å². The molecule has 0 aromatic heterocycles. The van der Waals surface area contributed by atoms with Crippen LogP contribution < -0.4 is 0 Å². The minimum Gasteiger partial charge on any atom is -0.480 e. The van der Waals surface area contributed by atoms with Gasteiger partial charge in [0, 0.05) is 6.42 Å². The molecule has 0 fully saturated rings. The number of amides is 1. The fourth-order valence-electron chi connectivity index (χ4n) is 4.08. The highest BCUT2D eigenvalue weighted by Gasteiger charge is 2.49. The molecule has 152 valence electrons. The Labute approximate surface area is 173 Å². The summed E-state index contributed by atoms with van der Waals surface area (Å²) in [4.78, 5) is 20.8. The van der Waals surface area contributed by atoms with Gasteiger partial charge in [-0.3, -0.25) is 4.79 Å². The molecule has 4 nitrogen and oxygen atoms in total. The summed E-state index contributed by atoms with van der Waals surface area (Å²) in [5.74, 6) is 0.640. The molecule has 2 aromatic carbocycles. The van der Waals surface area contributed by atoms with Crippen molar-refractivity contribution < 1.29 is 9.53 Å². The monoisotopic (exact) mass is 390 g/mol. The maximum atomic E-state index is 13.9. The van der Waals surface area contributed by atoms with Crippen LogP contribution in [0, 0.1) is 0 Å². The van der Waals surface area contributed by atoms with E-state index in [2.05, 4.69) is 25.6 Å². The third-order valence-corrected chi connectivity index (χ3v) is 5.54. The van der Waals surface area contributed by atoms with Gasteiger partial charge in [0.15, 0.2) is 5.54 Å². The zero-order valence-electron chi connectivity index (χ0n) is 17.5. The molecule has 0 bridgehead atoms. The van der Waals surface area contributed by atoms with Gasteiger partial charge < -0.3 is 9.64 Å². The molecule has 0 saturated carbocycles. The van der Waals surface area contributed by atoms with Crippen molar-refractivity contribution >= 4 is 11.8 Å². The van der Waals surface area contributed by atoms with Gasteiger partial charge in [0.2, 0.25) is 5.90 Å². The topological polar surface area (TPSA) is 41.9 Å². The van der Waals surface area contributed by atoms with E-state index >= 15 is 0 Å². The predicted molar refractivity (Wildman–Crippen MR) is 118 cm³/mol. The van der Waals surface area contributed by atoms with Gasteiger partial charge in [-0.1, -0.05) is 66.7 Å². The molecule has 0 radical (unpaired) electrons. The smallest absolute Gasteiger partial charge is 0.252 e. The van der Waals surface area contributed by atoms with Gasteiger partial charge in [0.1, 0.15) is 6.04 Å². The lowest BCUT2D eigenvalue weighted by Gasteiger charge is -2.45. The Morgan fingerprint density at radius 3 is 2.38 bits per heavy atom. The second-order valence-corrected chi connectivity index (χ2v) is 7.54. The van der Waals surface area contributed by atoms with E-state index in [4.69, 9.17) is 9.73 Å². The van der Waals surface area contributed by atoms with E-state index < -0.39 is 5.54 Å². The quantitative estimate of drug-likeness (QED) is 0.626. The van der Waals surface area contributed by atoms with Crippen molar-refractivity contribution in [1.29, 1.82) is 0 Å². The summed E-state index contributed by atoms with van der Waals surface area (Å²) in [7, 11) is 0. The summed E-state index contributed by atoms with van der Waals surface area (Å²) in [6.45, 7) is 10.4. The molecule has 1 heterocycles. The average Bonchev–Trinajstić information content (AvgIpc) is 2.74. The van der Waals surface area contributed by atoms with Gasteiger partial charge in [-0.15, -0.1) is 6.58 Å². The number of rotatable bonds is 7. The van der Waals surface area contributed by atoms with Crippen molar-refractivity contribution in [3.63, 3.8) is 0 Å². The summed E-state index contributed by atoms with van der Waals surface area (Å²) >= 11 is 0. The van der Waals surface area contributed by atoms with Crippen LogP contribution >= 0.6 is 0 Å². The normalized spacial score (nSPS) is 22.7. The fraction of sp³-hybridized carbons (Fsp3) is 0.360. The van der Waals surface area contributed by atoms with Gasteiger partial charge in [-0.25, -0.2) is 4.99 Å². The first-order chi connectivity index (χ1) is 14.0. The van der Waals surface area contributed by atoms with Gasteiger partial charge in [0.25, 0.3) is 5.91 Å². The Kier molecular flexibility index (Phi) is 6.53. The van der Waals surface area contributed by atoms with Crippen LogP contribution in [0.3, 0.4) is 0 Å². The van der Waals surface area contributed by atoms with Crippen molar-refractivity contribution in [2.24, 2.45) is 4.99 Å². The lowest BCUT2D eigenvalue weighted by molar-refractivity contribution is -0.142. The summed E-state index contributed by atoms with van der Waals surface area (Å²) < 4.78 is 5.92. The summed E-state index contributed by atoms with van der Waals surface area (Å²) in [6.07, 6.45) is 2.76. The van der Waals surface area contributed by atoms with Crippen LogP contribution in [0.5, 0.6) is 0 Å². The molecule has 1 amide bonds. The Morgan fingerprint density at radius 2 is 1.79 bits per heavy atom. The van der Waals surface area contributed by atoms with E-state index in [1.54, 1.807) is 6.08 Å². The average molecular weight is 391 g/mol. The fourth-order valence-corrected chi connectivity index (χ4v) is 4.08.